The highest BCUT2D eigenvalue weighted by atomic mass is 16.5. The summed E-state index contributed by atoms with van der Waals surface area (Å²) >= 11 is 0. The molecule has 0 aromatic rings. The number of carbonyl (C=O) groups excluding carboxylic acids is 1. The van der Waals surface area contributed by atoms with E-state index < -0.39 is 11.6 Å². The van der Waals surface area contributed by atoms with Gasteiger partial charge in [0.2, 0.25) is 0 Å². The number of carbonyl (C=O) groups is 1. The van der Waals surface area contributed by atoms with E-state index >= 15 is 0 Å². The smallest absolute Gasteiger partial charge is 0.338 e. The van der Waals surface area contributed by atoms with Crippen LogP contribution in [0.25, 0.3) is 0 Å². The molecule has 0 heterocycles. The fourth-order valence-electron chi connectivity index (χ4n) is 1.93. The quantitative estimate of drug-likeness (QED) is 0.687. The van der Waals surface area contributed by atoms with Gasteiger partial charge < -0.3 is 9.84 Å². The first-order chi connectivity index (χ1) is 7.86. The SMILES string of the molecule is COC(=O)C(C)(O)CN(CCC(C)C)C1CC1. The van der Waals surface area contributed by atoms with Crippen molar-refractivity contribution >= 4 is 5.97 Å². The summed E-state index contributed by atoms with van der Waals surface area (Å²) < 4.78 is 4.63. The van der Waals surface area contributed by atoms with Gasteiger partial charge in [-0.1, -0.05) is 13.8 Å². The highest BCUT2D eigenvalue weighted by Crippen LogP contribution is 2.29. The van der Waals surface area contributed by atoms with Crippen LogP contribution in [0.1, 0.15) is 40.0 Å². The van der Waals surface area contributed by atoms with E-state index in [2.05, 4.69) is 23.5 Å². The van der Waals surface area contributed by atoms with Crippen molar-refractivity contribution in [1.29, 1.82) is 0 Å². The van der Waals surface area contributed by atoms with Crippen molar-refractivity contribution in [2.75, 3.05) is 20.2 Å². The van der Waals surface area contributed by atoms with E-state index in [1.54, 1.807) is 0 Å². The molecule has 1 atom stereocenters. The minimum absolute atomic E-state index is 0.372. The van der Waals surface area contributed by atoms with Crippen LogP contribution in [-0.2, 0) is 9.53 Å². The zero-order chi connectivity index (χ0) is 13.1. The van der Waals surface area contributed by atoms with Gasteiger partial charge in [0.15, 0.2) is 5.60 Å². The van der Waals surface area contributed by atoms with E-state index in [0.29, 0.717) is 18.5 Å². The molecule has 1 aliphatic carbocycles. The largest absolute Gasteiger partial charge is 0.467 e. The van der Waals surface area contributed by atoms with Crippen LogP contribution in [0.5, 0.6) is 0 Å². The second kappa shape index (κ2) is 5.83. The second-order valence-electron chi connectivity index (χ2n) is 5.65. The Morgan fingerprint density at radius 3 is 2.53 bits per heavy atom. The van der Waals surface area contributed by atoms with Crippen LogP contribution in [0.3, 0.4) is 0 Å². The van der Waals surface area contributed by atoms with Gasteiger partial charge >= 0.3 is 5.97 Å². The average Bonchev–Trinajstić information content (AvgIpc) is 3.06. The van der Waals surface area contributed by atoms with Gasteiger partial charge in [-0.3, -0.25) is 4.90 Å². The zero-order valence-corrected chi connectivity index (χ0v) is 11.4. The van der Waals surface area contributed by atoms with E-state index in [-0.39, 0.29) is 0 Å². The number of ether oxygens (including phenoxy) is 1. The van der Waals surface area contributed by atoms with Gasteiger partial charge in [-0.15, -0.1) is 0 Å². The van der Waals surface area contributed by atoms with Crippen molar-refractivity contribution in [1.82, 2.24) is 4.90 Å². The van der Waals surface area contributed by atoms with E-state index in [1.165, 1.54) is 26.9 Å². The highest BCUT2D eigenvalue weighted by Gasteiger charge is 2.38. The number of methoxy groups -OCH3 is 1. The topological polar surface area (TPSA) is 49.8 Å². The maximum atomic E-state index is 11.5. The Morgan fingerprint density at radius 2 is 2.12 bits per heavy atom. The van der Waals surface area contributed by atoms with Crippen molar-refractivity contribution in [3.05, 3.63) is 0 Å². The lowest BCUT2D eigenvalue weighted by molar-refractivity contribution is -0.162. The van der Waals surface area contributed by atoms with Gasteiger partial charge in [0.05, 0.1) is 7.11 Å². The van der Waals surface area contributed by atoms with Crippen LogP contribution in [0, 0.1) is 5.92 Å². The summed E-state index contributed by atoms with van der Waals surface area (Å²) in [4.78, 5) is 13.7. The van der Waals surface area contributed by atoms with Crippen LogP contribution in [-0.4, -0.2) is 47.8 Å². The van der Waals surface area contributed by atoms with E-state index in [0.717, 1.165) is 13.0 Å². The maximum Gasteiger partial charge on any atom is 0.338 e. The van der Waals surface area contributed by atoms with Gasteiger partial charge in [-0.2, -0.15) is 0 Å². The molecule has 1 rings (SSSR count). The molecular weight excluding hydrogens is 218 g/mol. The number of rotatable bonds is 7. The normalized spacial score (nSPS) is 19.5. The van der Waals surface area contributed by atoms with Gasteiger partial charge in [0.25, 0.3) is 0 Å². The fraction of sp³-hybridized carbons (Fsp3) is 0.923. The predicted octanol–water partition coefficient (Wildman–Crippen LogP) is 1.42. The van der Waals surface area contributed by atoms with Gasteiger partial charge in [0.1, 0.15) is 0 Å². The Labute approximate surface area is 104 Å². The minimum Gasteiger partial charge on any atom is -0.467 e. The van der Waals surface area contributed by atoms with Crippen LogP contribution >= 0.6 is 0 Å². The molecule has 1 N–H and O–H groups in total. The predicted molar refractivity (Wildman–Crippen MR) is 66.7 cm³/mol. The molecule has 17 heavy (non-hydrogen) atoms. The zero-order valence-electron chi connectivity index (χ0n) is 11.4. The summed E-state index contributed by atoms with van der Waals surface area (Å²) in [6.07, 6.45) is 3.44. The first kappa shape index (κ1) is 14.5. The molecule has 0 aromatic heterocycles. The third kappa shape index (κ3) is 4.64. The summed E-state index contributed by atoms with van der Waals surface area (Å²) in [5.74, 6) is 0.0898. The number of aliphatic hydroxyl groups is 1. The van der Waals surface area contributed by atoms with Crippen molar-refractivity contribution in [3.8, 4) is 0 Å². The summed E-state index contributed by atoms with van der Waals surface area (Å²) in [7, 11) is 1.31. The lowest BCUT2D eigenvalue weighted by atomic mass is 10.1. The number of hydrogen-bond acceptors (Lipinski definition) is 4. The Bertz CT molecular complexity index is 259. The highest BCUT2D eigenvalue weighted by molar-refractivity contribution is 5.78. The lowest BCUT2D eigenvalue weighted by Crippen LogP contribution is -2.48. The molecule has 1 unspecified atom stereocenters. The molecule has 1 fully saturated rings. The molecule has 0 saturated heterocycles. The minimum atomic E-state index is -1.39. The average molecular weight is 243 g/mol. The van der Waals surface area contributed by atoms with E-state index in [1.807, 2.05) is 0 Å². The van der Waals surface area contributed by atoms with Crippen molar-refractivity contribution in [2.24, 2.45) is 5.92 Å². The molecule has 1 saturated carbocycles. The van der Waals surface area contributed by atoms with Crippen LogP contribution in [0.2, 0.25) is 0 Å². The summed E-state index contributed by atoms with van der Waals surface area (Å²) in [6.45, 7) is 7.21. The first-order valence-corrected chi connectivity index (χ1v) is 6.41. The Balaban J connectivity index is 2.51. The summed E-state index contributed by atoms with van der Waals surface area (Å²) in [5, 5.41) is 10.1. The van der Waals surface area contributed by atoms with E-state index in [4.69, 9.17) is 0 Å². The van der Waals surface area contributed by atoms with Crippen molar-refractivity contribution in [3.63, 3.8) is 0 Å². The molecule has 4 nitrogen and oxygen atoms in total. The molecule has 0 spiro atoms. The van der Waals surface area contributed by atoms with Crippen LogP contribution < -0.4 is 0 Å². The molecule has 0 aliphatic heterocycles. The molecule has 0 radical (unpaired) electrons. The van der Waals surface area contributed by atoms with Gasteiger partial charge in [0, 0.05) is 12.6 Å². The lowest BCUT2D eigenvalue weighted by Gasteiger charge is -2.30. The first-order valence-electron chi connectivity index (χ1n) is 6.41. The monoisotopic (exact) mass is 243 g/mol. The third-order valence-electron chi connectivity index (χ3n) is 3.19. The molecule has 0 bridgehead atoms. The second-order valence-corrected chi connectivity index (χ2v) is 5.65. The Kier molecular flexibility index (Phi) is 4.95. The Morgan fingerprint density at radius 1 is 1.53 bits per heavy atom. The maximum absolute atomic E-state index is 11.5. The standard InChI is InChI=1S/C13H25NO3/c1-10(2)7-8-14(11-5-6-11)9-13(3,16)12(15)17-4/h10-11,16H,5-9H2,1-4H3. The van der Waals surface area contributed by atoms with E-state index in [9.17, 15) is 9.90 Å². The van der Waals surface area contributed by atoms with Gasteiger partial charge in [-0.05, 0) is 38.6 Å². The molecular formula is C13H25NO3. The van der Waals surface area contributed by atoms with Crippen molar-refractivity contribution < 1.29 is 14.6 Å². The number of hydrogen-bond donors (Lipinski definition) is 1. The molecule has 0 amide bonds. The van der Waals surface area contributed by atoms with Crippen molar-refractivity contribution in [2.45, 2.75) is 51.7 Å². The van der Waals surface area contributed by atoms with Crippen LogP contribution in [0.15, 0.2) is 0 Å². The summed E-state index contributed by atoms with van der Waals surface area (Å²) in [6, 6.07) is 0.546. The van der Waals surface area contributed by atoms with Crippen LogP contribution in [0.4, 0.5) is 0 Å². The summed E-state index contributed by atoms with van der Waals surface area (Å²) in [5.41, 5.74) is -1.39. The Hall–Kier alpha value is -0.610. The number of nitrogens with zero attached hydrogens (tertiary/aromatic N) is 1. The molecule has 4 heteroatoms. The molecule has 100 valence electrons. The molecule has 0 aromatic carbocycles. The third-order valence-corrected chi connectivity index (χ3v) is 3.19. The molecule has 1 aliphatic rings. The number of esters is 1. The van der Waals surface area contributed by atoms with Gasteiger partial charge in [-0.25, -0.2) is 4.79 Å². The fourth-order valence-corrected chi connectivity index (χ4v) is 1.93.